The number of hydrogen-bond acceptors (Lipinski definition) is 7. The summed E-state index contributed by atoms with van der Waals surface area (Å²) in [6.45, 7) is 16.7. The van der Waals surface area contributed by atoms with Gasteiger partial charge in [0.2, 0.25) is 0 Å². The largest absolute Gasteiger partial charge is 0.389 e. The van der Waals surface area contributed by atoms with Gasteiger partial charge in [0, 0.05) is 36.9 Å². The minimum atomic E-state index is -1.05. The Morgan fingerprint density at radius 3 is 2.51 bits per heavy atom. The topological polar surface area (TPSA) is 107 Å². The standard InChI is InChI=1S/C26H39N5O3S/c1-15-12-19(29-17(3)25(4,5)6)27-13-18(15)21-20(24(33)31-11-9-10-16(31)2)30-23(35-21)22(32)28-14-26(7,8)34/h12-13,16-17,34H,9-11,14H2,1-8H3,(H,27,29)(H,28,32)/t16-,17-/m0/s1. The summed E-state index contributed by atoms with van der Waals surface area (Å²) in [5, 5.41) is 16.4. The number of nitrogens with one attached hydrogen (secondary N) is 2. The maximum atomic E-state index is 13.5. The van der Waals surface area contributed by atoms with E-state index in [-0.39, 0.29) is 40.7 Å². The molecule has 1 aliphatic rings. The first-order chi connectivity index (χ1) is 16.2. The van der Waals surface area contributed by atoms with Gasteiger partial charge in [-0.25, -0.2) is 9.97 Å². The summed E-state index contributed by atoms with van der Waals surface area (Å²) in [6, 6.07) is 2.32. The molecule has 192 valence electrons. The number of aryl methyl sites for hydroxylation is 1. The molecule has 2 atom stereocenters. The van der Waals surface area contributed by atoms with Crippen LogP contribution in [0.1, 0.15) is 87.2 Å². The number of rotatable bonds is 7. The third kappa shape index (κ3) is 6.58. The van der Waals surface area contributed by atoms with E-state index in [1.807, 2.05) is 24.8 Å². The van der Waals surface area contributed by atoms with Crippen molar-refractivity contribution in [3.05, 3.63) is 28.5 Å². The second-order valence-electron chi connectivity index (χ2n) is 11.3. The zero-order valence-corrected chi connectivity index (χ0v) is 23.0. The lowest BCUT2D eigenvalue weighted by Gasteiger charge is -2.28. The molecule has 0 aromatic carbocycles. The van der Waals surface area contributed by atoms with Crippen LogP contribution in [-0.4, -0.2) is 62.6 Å². The average Bonchev–Trinajstić information content (AvgIpc) is 3.37. The summed E-state index contributed by atoms with van der Waals surface area (Å²) in [7, 11) is 0. The predicted octanol–water partition coefficient (Wildman–Crippen LogP) is 4.49. The Bertz CT molecular complexity index is 1080. The van der Waals surface area contributed by atoms with E-state index in [2.05, 4.69) is 48.3 Å². The minimum Gasteiger partial charge on any atom is -0.389 e. The molecule has 1 fully saturated rings. The Kier molecular flexibility index (Phi) is 7.91. The highest BCUT2D eigenvalue weighted by Gasteiger charge is 2.32. The minimum absolute atomic E-state index is 0.0728. The molecule has 0 radical (unpaired) electrons. The number of carbonyl (C=O) groups is 2. The van der Waals surface area contributed by atoms with Gasteiger partial charge < -0.3 is 20.6 Å². The number of likely N-dealkylation sites (tertiary alicyclic amines) is 1. The molecule has 0 bridgehead atoms. The van der Waals surface area contributed by atoms with E-state index in [1.54, 1.807) is 20.0 Å². The third-order valence-electron chi connectivity index (χ3n) is 6.54. The molecular formula is C26H39N5O3S. The van der Waals surface area contributed by atoms with Crippen LogP contribution in [0.3, 0.4) is 0 Å². The molecule has 9 heteroatoms. The van der Waals surface area contributed by atoms with Crippen molar-refractivity contribution in [2.45, 2.75) is 85.9 Å². The van der Waals surface area contributed by atoms with E-state index in [4.69, 9.17) is 0 Å². The average molecular weight is 502 g/mol. The number of aliphatic hydroxyl groups is 1. The molecule has 0 unspecified atom stereocenters. The van der Waals surface area contributed by atoms with Crippen LogP contribution in [0, 0.1) is 12.3 Å². The molecule has 3 rings (SSSR count). The van der Waals surface area contributed by atoms with Gasteiger partial charge in [-0.15, -0.1) is 11.3 Å². The molecule has 0 saturated carbocycles. The van der Waals surface area contributed by atoms with Gasteiger partial charge in [0.1, 0.15) is 11.5 Å². The van der Waals surface area contributed by atoms with Gasteiger partial charge in [-0.05, 0) is 64.5 Å². The second-order valence-corrected chi connectivity index (χ2v) is 12.3. The second kappa shape index (κ2) is 10.2. The van der Waals surface area contributed by atoms with Crippen LogP contribution in [0.15, 0.2) is 12.3 Å². The maximum Gasteiger partial charge on any atom is 0.280 e. The third-order valence-corrected chi connectivity index (χ3v) is 7.63. The molecular weight excluding hydrogens is 462 g/mol. The molecule has 1 saturated heterocycles. The molecule has 0 spiro atoms. The SMILES string of the molecule is Cc1cc(N[C@@H](C)C(C)(C)C)ncc1-c1sc(C(=O)NCC(C)(C)O)nc1C(=O)N1CCC[C@@H]1C. The molecule has 8 nitrogen and oxygen atoms in total. The van der Waals surface area contributed by atoms with Crippen molar-refractivity contribution in [3.63, 3.8) is 0 Å². The van der Waals surface area contributed by atoms with Gasteiger partial charge in [0.15, 0.2) is 5.01 Å². The van der Waals surface area contributed by atoms with Crippen molar-refractivity contribution in [3.8, 4) is 10.4 Å². The Hall–Kier alpha value is -2.52. The van der Waals surface area contributed by atoms with Crippen LogP contribution in [0.5, 0.6) is 0 Å². The van der Waals surface area contributed by atoms with Crippen LogP contribution < -0.4 is 10.6 Å². The predicted molar refractivity (Wildman–Crippen MR) is 141 cm³/mol. The van der Waals surface area contributed by atoms with Crippen molar-refractivity contribution in [1.82, 2.24) is 20.2 Å². The Morgan fingerprint density at radius 1 is 1.29 bits per heavy atom. The quantitative estimate of drug-likeness (QED) is 0.516. The van der Waals surface area contributed by atoms with Gasteiger partial charge in [-0.3, -0.25) is 9.59 Å². The molecule has 2 aromatic rings. The van der Waals surface area contributed by atoms with E-state index in [1.165, 1.54) is 11.3 Å². The first-order valence-corrected chi connectivity index (χ1v) is 13.0. The highest BCUT2D eigenvalue weighted by molar-refractivity contribution is 7.17. The van der Waals surface area contributed by atoms with Crippen molar-refractivity contribution in [2.24, 2.45) is 5.41 Å². The lowest BCUT2D eigenvalue weighted by atomic mass is 9.88. The molecule has 3 N–H and O–H groups in total. The first kappa shape index (κ1) is 27.1. The van der Waals surface area contributed by atoms with E-state index in [0.717, 1.165) is 29.8 Å². The van der Waals surface area contributed by atoms with Crippen molar-refractivity contribution in [1.29, 1.82) is 0 Å². The Balaban J connectivity index is 1.98. The van der Waals surface area contributed by atoms with E-state index < -0.39 is 11.5 Å². The van der Waals surface area contributed by atoms with Crippen LogP contribution in [0.2, 0.25) is 0 Å². The summed E-state index contributed by atoms with van der Waals surface area (Å²) in [6.07, 6.45) is 3.67. The van der Waals surface area contributed by atoms with Crippen molar-refractivity contribution >= 4 is 29.0 Å². The zero-order valence-electron chi connectivity index (χ0n) is 22.2. The van der Waals surface area contributed by atoms with Crippen molar-refractivity contribution in [2.75, 3.05) is 18.4 Å². The van der Waals surface area contributed by atoms with Gasteiger partial charge in [-0.2, -0.15) is 0 Å². The van der Waals surface area contributed by atoms with Gasteiger partial charge in [0.05, 0.1) is 10.5 Å². The van der Waals surface area contributed by atoms with Gasteiger partial charge in [0.25, 0.3) is 11.8 Å². The number of thiazole rings is 1. The smallest absolute Gasteiger partial charge is 0.280 e. The number of carbonyl (C=O) groups excluding carboxylic acids is 2. The molecule has 2 aromatic heterocycles. The van der Waals surface area contributed by atoms with Gasteiger partial charge in [-0.1, -0.05) is 20.8 Å². The number of aromatic nitrogens is 2. The Labute approximate surface area is 212 Å². The lowest BCUT2D eigenvalue weighted by molar-refractivity contribution is 0.0692. The van der Waals surface area contributed by atoms with Crippen LogP contribution in [0.4, 0.5) is 5.82 Å². The Morgan fingerprint density at radius 2 is 1.97 bits per heavy atom. The fraction of sp³-hybridized carbons (Fsp3) is 0.615. The van der Waals surface area contributed by atoms with E-state index in [0.29, 0.717) is 11.4 Å². The normalized spacial score (nSPS) is 17.4. The number of anilines is 1. The van der Waals surface area contributed by atoms with E-state index in [9.17, 15) is 14.7 Å². The lowest BCUT2D eigenvalue weighted by Crippen LogP contribution is -2.38. The fourth-order valence-corrected chi connectivity index (χ4v) is 4.85. The summed E-state index contributed by atoms with van der Waals surface area (Å²) in [5.41, 5.74) is 1.04. The summed E-state index contributed by atoms with van der Waals surface area (Å²) in [4.78, 5) is 37.9. The summed E-state index contributed by atoms with van der Waals surface area (Å²) >= 11 is 1.19. The number of pyridine rings is 1. The maximum absolute atomic E-state index is 13.5. The monoisotopic (exact) mass is 501 g/mol. The highest BCUT2D eigenvalue weighted by atomic mass is 32.1. The molecule has 3 heterocycles. The number of hydrogen-bond donors (Lipinski definition) is 3. The molecule has 1 aliphatic heterocycles. The molecule has 0 aliphatic carbocycles. The zero-order chi connectivity index (χ0) is 26.1. The summed E-state index contributed by atoms with van der Waals surface area (Å²) in [5.74, 6) is 0.197. The summed E-state index contributed by atoms with van der Waals surface area (Å²) < 4.78 is 0. The van der Waals surface area contributed by atoms with Crippen LogP contribution in [0.25, 0.3) is 10.4 Å². The number of nitrogens with zero attached hydrogens (tertiary/aromatic N) is 3. The highest BCUT2D eigenvalue weighted by Crippen LogP contribution is 2.35. The van der Waals surface area contributed by atoms with Crippen LogP contribution in [-0.2, 0) is 0 Å². The first-order valence-electron chi connectivity index (χ1n) is 12.2. The van der Waals surface area contributed by atoms with Gasteiger partial charge >= 0.3 is 0 Å². The molecule has 2 amide bonds. The van der Waals surface area contributed by atoms with Crippen LogP contribution >= 0.6 is 11.3 Å². The molecule has 35 heavy (non-hydrogen) atoms. The number of amides is 2. The van der Waals surface area contributed by atoms with E-state index >= 15 is 0 Å². The fourth-order valence-electron chi connectivity index (χ4n) is 3.80. The van der Waals surface area contributed by atoms with Crippen molar-refractivity contribution < 1.29 is 14.7 Å².